The van der Waals surface area contributed by atoms with Crippen molar-refractivity contribution in [2.24, 2.45) is 18.2 Å². The highest BCUT2D eigenvalue weighted by atomic mass is 15.3. The van der Waals surface area contributed by atoms with Gasteiger partial charge in [0.2, 0.25) is 0 Å². The third kappa shape index (κ3) is 2.65. The zero-order valence-corrected chi connectivity index (χ0v) is 18.8. The Hall–Kier alpha value is -3.26. The molecule has 1 aliphatic heterocycles. The lowest BCUT2D eigenvalue weighted by Crippen LogP contribution is -2.45. The number of pyridine rings is 1. The van der Waals surface area contributed by atoms with Gasteiger partial charge in [-0.3, -0.25) is 9.67 Å². The number of rotatable bonds is 2. The Morgan fingerprint density at radius 2 is 1.91 bits per heavy atom. The highest BCUT2D eigenvalue weighted by Gasteiger charge is 2.47. The minimum atomic E-state index is 0.0152. The molecule has 164 valence electrons. The Morgan fingerprint density at radius 3 is 2.62 bits per heavy atom. The van der Waals surface area contributed by atoms with Gasteiger partial charge in [0.25, 0.3) is 0 Å². The van der Waals surface area contributed by atoms with Gasteiger partial charge in [-0.05, 0) is 56.2 Å². The van der Waals surface area contributed by atoms with E-state index in [0.29, 0.717) is 0 Å². The van der Waals surface area contributed by atoms with Crippen LogP contribution in [0.4, 0.5) is 5.82 Å². The fourth-order valence-corrected chi connectivity index (χ4v) is 5.66. The Kier molecular flexibility index (Phi) is 4.17. The molecular formula is C24H28N8. The molecule has 32 heavy (non-hydrogen) atoms. The Balaban J connectivity index is 1.34. The molecule has 1 aliphatic carbocycles. The number of aryl methyl sites for hydroxylation is 2. The van der Waals surface area contributed by atoms with Gasteiger partial charge in [0.15, 0.2) is 5.82 Å². The van der Waals surface area contributed by atoms with Gasteiger partial charge in [-0.25, -0.2) is 9.50 Å². The van der Waals surface area contributed by atoms with Gasteiger partial charge in [0.05, 0.1) is 35.5 Å². The van der Waals surface area contributed by atoms with Crippen molar-refractivity contribution in [2.45, 2.75) is 39.2 Å². The fourth-order valence-electron chi connectivity index (χ4n) is 5.66. The van der Waals surface area contributed by atoms with Crippen LogP contribution >= 0.6 is 0 Å². The van der Waals surface area contributed by atoms with Crippen molar-refractivity contribution in [3.63, 3.8) is 0 Å². The third-order valence-electron chi connectivity index (χ3n) is 7.67. The number of fused-ring (bicyclic) bond motifs is 2. The predicted octanol–water partition coefficient (Wildman–Crippen LogP) is 2.98. The molecule has 5 heterocycles. The van der Waals surface area contributed by atoms with E-state index in [2.05, 4.69) is 46.1 Å². The highest BCUT2D eigenvalue weighted by molar-refractivity contribution is 5.76. The van der Waals surface area contributed by atoms with Crippen molar-refractivity contribution in [1.29, 1.82) is 0 Å². The molecule has 2 aliphatic rings. The van der Waals surface area contributed by atoms with Crippen LogP contribution in [-0.4, -0.2) is 42.5 Å². The van der Waals surface area contributed by atoms with Crippen molar-refractivity contribution in [1.82, 2.24) is 29.4 Å². The van der Waals surface area contributed by atoms with Crippen molar-refractivity contribution in [3.05, 3.63) is 59.4 Å². The van der Waals surface area contributed by atoms with E-state index in [0.717, 1.165) is 72.0 Å². The molecule has 0 radical (unpaired) electrons. The molecule has 6 rings (SSSR count). The minimum Gasteiger partial charge on any atom is -0.355 e. The van der Waals surface area contributed by atoms with E-state index in [1.54, 1.807) is 0 Å². The lowest BCUT2D eigenvalue weighted by atomic mass is 9.73. The Morgan fingerprint density at radius 1 is 1.09 bits per heavy atom. The fraction of sp³-hybridized carbons (Fsp3) is 0.417. The van der Waals surface area contributed by atoms with E-state index < -0.39 is 0 Å². The molecule has 0 bridgehead atoms. The molecule has 2 N–H and O–H groups in total. The SMILES string of the molecule is Cc1nc(N2CCC3(CC2)Cc2cccnc2C3N)c2ccnn2c1-c1cnn(C)c1C. The molecule has 8 nitrogen and oxygen atoms in total. The summed E-state index contributed by atoms with van der Waals surface area (Å²) in [5, 5.41) is 9.08. The largest absolute Gasteiger partial charge is 0.355 e. The first-order chi connectivity index (χ1) is 15.5. The molecule has 1 unspecified atom stereocenters. The van der Waals surface area contributed by atoms with Crippen LogP contribution in [0.25, 0.3) is 16.8 Å². The number of nitrogens with zero attached hydrogens (tertiary/aromatic N) is 7. The Bertz CT molecular complexity index is 1330. The topological polar surface area (TPSA) is 90.2 Å². The first-order valence-electron chi connectivity index (χ1n) is 11.3. The molecule has 8 heteroatoms. The molecule has 4 aromatic rings. The van der Waals surface area contributed by atoms with Gasteiger partial charge < -0.3 is 10.6 Å². The zero-order valence-electron chi connectivity index (χ0n) is 18.8. The summed E-state index contributed by atoms with van der Waals surface area (Å²) in [5.41, 5.74) is 14.4. The average Bonchev–Trinajstić information content (AvgIpc) is 3.48. The quantitative estimate of drug-likeness (QED) is 0.528. The van der Waals surface area contributed by atoms with Gasteiger partial charge in [0, 0.05) is 37.6 Å². The molecular weight excluding hydrogens is 400 g/mol. The number of piperidine rings is 1. The summed E-state index contributed by atoms with van der Waals surface area (Å²) in [4.78, 5) is 12.1. The summed E-state index contributed by atoms with van der Waals surface area (Å²) in [7, 11) is 1.96. The van der Waals surface area contributed by atoms with Gasteiger partial charge in [-0.2, -0.15) is 10.2 Å². The number of aromatic nitrogens is 6. The highest BCUT2D eigenvalue weighted by Crippen LogP contribution is 2.50. The second-order valence-corrected chi connectivity index (χ2v) is 9.32. The Labute approximate surface area is 187 Å². The van der Waals surface area contributed by atoms with Crippen LogP contribution in [0.5, 0.6) is 0 Å². The van der Waals surface area contributed by atoms with E-state index in [1.807, 2.05) is 40.9 Å². The van der Waals surface area contributed by atoms with Crippen molar-refractivity contribution >= 4 is 11.3 Å². The maximum Gasteiger partial charge on any atom is 0.155 e. The first kappa shape index (κ1) is 19.4. The average molecular weight is 429 g/mol. The van der Waals surface area contributed by atoms with Crippen LogP contribution in [0.15, 0.2) is 36.8 Å². The van der Waals surface area contributed by atoms with Crippen molar-refractivity contribution in [2.75, 3.05) is 18.0 Å². The van der Waals surface area contributed by atoms with Crippen LogP contribution in [-0.2, 0) is 13.5 Å². The van der Waals surface area contributed by atoms with Gasteiger partial charge in [-0.15, -0.1) is 0 Å². The van der Waals surface area contributed by atoms with Crippen LogP contribution < -0.4 is 10.6 Å². The summed E-state index contributed by atoms with van der Waals surface area (Å²) < 4.78 is 3.91. The summed E-state index contributed by atoms with van der Waals surface area (Å²) in [6.07, 6.45) is 8.72. The van der Waals surface area contributed by atoms with Crippen molar-refractivity contribution < 1.29 is 0 Å². The van der Waals surface area contributed by atoms with E-state index in [1.165, 1.54) is 5.56 Å². The number of hydrogen-bond acceptors (Lipinski definition) is 6. The number of hydrogen-bond donors (Lipinski definition) is 1. The molecule has 4 aromatic heterocycles. The van der Waals surface area contributed by atoms with Crippen LogP contribution in [0.3, 0.4) is 0 Å². The zero-order chi connectivity index (χ0) is 22.0. The number of nitrogens with two attached hydrogens (primary N) is 1. The van der Waals surface area contributed by atoms with E-state index >= 15 is 0 Å². The lowest BCUT2D eigenvalue weighted by Gasteiger charge is -2.42. The van der Waals surface area contributed by atoms with E-state index in [4.69, 9.17) is 10.7 Å². The molecule has 0 saturated carbocycles. The number of anilines is 1. The van der Waals surface area contributed by atoms with Gasteiger partial charge in [0.1, 0.15) is 5.52 Å². The lowest BCUT2D eigenvalue weighted by molar-refractivity contribution is 0.186. The molecule has 1 fully saturated rings. The first-order valence-corrected chi connectivity index (χ1v) is 11.3. The smallest absolute Gasteiger partial charge is 0.155 e. The molecule has 1 saturated heterocycles. The van der Waals surface area contributed by atoms with Gasteiger partial charge >= 0.3 is 0 Å². The maximum absolute atomic E-state index is 6.72. The van der Waals surface area contributed by atoms with Crippen LogP contribution in [0, 0.1) is 19.3 Å². The molecule has 1 atom stereocenters. The van der Waals surface area contributed by atoms with Crippen LogP contribution in [0.2, 0.25) is 0 Å². The predicted molar refractivity (Wildman–Crippen MR) is 123 cm³/mol. The molecule has 0 aromatic carbocycles. The standard InChI is InChI=1S/C24H28N8/c1-15-21(18-14-28-30(3)16(18)2)32-19(6-10-27-32)23(29-15)31-11-7-24(8-12-31)13-17-5-4-9-26-20(17)22(24)25/h4-6,9-10,14,22H,7-8,11-13,25H2,1-3H3. The van der Waals surface area contributed by atoms with E-state index in [-0.39, 0.29) is 11.5 Å². The summed E-state index contributed by atoms with van der Waals surface area (Å²) in [6.45, 7) is 6.00. The summed E-state index contributed by atoms with van der Waals surface area (Å²) in [6, 6.07) is 6.28. The monoisotopic (exact) mass is 428 g/mol. The third-order valence-corrected chi connectivity index (χ3v) is 7.67. The van der Waals surface area contributed by atoms with Gasteiger partial charge in [-0.1, -0.05) is 6.07 Å². The second kappa shape index (κ2) is 6.87. The summed E-state index contributed by atoms with van der Waals surface area (Å²) >= 11 is 0. The van der Waals surface area contributed by atoms with Crippen molar-refractivity contribution in [3.8, 4) is 11.3 Å². The molecule has 1 spiro atoms. The maximum atomic E-state index is 6.72. The normalized spacial score (nSPS) is 19.8. The van der Waals surface area contributed by atoms with E-state index in [9.17, 15) is 0 Å². The minimum absolute atomic E-state index is 0.0152. The molecule has 0 amide bonds. The summed E-state index contributed by atoms with van der Waals surface area (Å²) in [5.74, 6) is 1.00. The van der Waals surface area contributed by atoms with Crippen LogP contribution in [0.1, 0.15) is 41.5 Å². The second-order valence-electron chi connectivity index (χ2n) is 9.32.